The van der Waals surface area contributed by atoms with Gasteiger partial charge in [0, 0.05) is 51.4 Å². The van der Waals surface area contributed by atoms with Gasteiger partial charge in [0.2, 0.25) is 47.3 Å². The molecule has 0 unspecified atom stereocenters. The van der Waals surface area contributed by atoms with E-state index >= 15 is 0 Å². The number of hydrogen-bond acceptors (Lipinski definition) is 19. The normalized spacial score (nSPS) is 23.3. The average molecular weight is 1430 g/mol. The third kappa shape index (κ3) is 32.4. The molecule has 10 atom stereocenters. The number of nitrogens with two attached hydrogens (primary N) is 2. The van der Waals surface area contributed by atoms with Gasteiger partial charge in [-0.3, -0.25) is 83.1 Å². The van der Waals surface area contributed by atoms with E-state index in [4.69, 9.17) is 11.5 Å². The number of fused-ring (bicyclic) bond motifs is 2. The summed E-state index contributed by atoms with van der Waals surface area (Å²) in [5.74, 6) is -16.8. The predicted molar refractivity (Wildman–Crippen MR) is 359 cm³/mol. The Morgan fingerprint density at radius 2 is 0.990 bits per heavy atom. The molecule has 18 N–H and O–H groups in total. The highest BCUT2D eigenvalue weighted by Gasteiger charge is 2.44. The molecule has 3 aliphatic rings. The van der Waals surface area contributed by atoms with E-state index < -0.39 is 213 Å². The fourth-order valence-electron chi connectivity index (χ4n) is 12.1. The van der Waals surface area contributed by atoms with Gasteiger partial charge in [0.1, 0.15) is 48.3 Å². The SMILES string of the molecule is CCCCCCCCCCCCCCCCCC(=O)N[C@H]1C[C@H]2C(=O)N[C@@H](CCC(N)=O)C(=O)NC(=O)N[C@@H](CC(=O)O)C(=O)N3CCC[C@H]3C(=O)N[C@H](CCC(=O)O)C(=O)N[C@@H]([C@@H](C)O)C(=O)NC(=O)N[C@@H](CCC(=O)O)C(=O)NC(=O)N[C@H](CCCCN)C(=O)N(CCC)CC(=O)N2C1. The van der Waals surface area contributed by atoms with Gasteiger partial charge in [-0.05, 0) is 84.1 Å². The molecule has 17 amide bonds. The Morgan fingerprint density at radius 1 is 0.505 bits per heavy atom. The van der Waals surface area contributed by atoms with Crippen LogP contribution in [0.15, 0.2) is 0 Å². The minimum Gasteiger partial charge on any atom is -0.481 e. The number of primary amides is 1. The number of amides is 17. The highest BCUT2D eigenvalue weighted by molar-refractivity contribution is 6.05. The molecule has 0 bridgehead atoms. The number of imide groups is 3. The van der Waals surface area contributed by atoms with Gasteiger partial charge in [0.05, 0.1) is 19.1 Å². The molecule has 0 spiro atoms. The summed E-state index contributed by atoms with van der Waals surface area (Å²) in [5.41, 5.74) is 11.2. The van der Waals surface area contributed by atoms with Crippen LogP contribution in [-0.2, 0) is 67.1 Å². The van der Waals surface area contributed by atoms with Crippen molar-refractivity contribution in [1.82, 2.24) is 67.9 Å². The minimum absolute atomic E-state index is 0.0573. The third-order valence-corrected chi connectivity index (χ3v) is 17.4. The number of carboxylic acids is 3. The Hall–Kier alpha value is -9.09. The smallest absolute Gasteiger partial charge is 0.322 e. The summed E-state index contributed by atoms with van der Waals surface area (Å²) in [6.07, 6.45) is 9.49. The topological polar surface area (TPSA) is 553 Å². The standard InChI is InChI=1S/C65H107N15O21/c1-4-6-7-8-9-10-11-12-13-14-15-16-17-18-19-25-49(83)68-40-35-47-59(95)70-41(26-29-48(67)82)56(92)75-65(101)73-45(36-53(89)90)62(98)79-34-22-24-46(79)58(94)69-42(27-30-51(85)86)55(91)74-54(39(3)81)60(96)77-63(99)71-43(28-31-52(87)88)57(93)76-64(100)72-44(23-20-21-32-66)61(97)78(33-5-2)38-50(84)80(47)37-40/h39-47,54,81H,4-38,66H2,1-3H3,(H2,67,82)(H,68,83)(H,69,94)(H,70,95)(H,74,91)(H,85,86)(H,87,88)(H,89,90)(H2,71,77,96,99)(H2,72,76,93,100)(H2,73,75,92,101)/t39-,40+,41+,42-,43+,44-,45+,46+,47+,54+/m1/s1. The van der Waals surface area contributed by atoms with Gasteiger partial charge in [-0.25, -0.2) is 14.4 Å². The van der Waals surface area contributed by atoms with Crippen molar-refractivity contribution >= 4 is 101 Å². The summed E-state index contributed by atoms with van der Waals surface area (Å²) in [4.78, 5) is 233. The number of aliphatic carboxylic acids is 3. The first-order valence-electron chi connectivity index (χ1n) is 35.2. The summed E-state index contributed by atoms with van der Waals surface area (Å²) in [6, 6.07) is -19.8. The highest BCUT2D eigenvalue weighted by Crippen LogP contribution is 2.23. The van der Waals surface area contributed by atoms with E-state index in [1.165, 1.54) is 57.8 Å². The summed E-state index contributed by atoms with van der Waals surface area (Å²) in [7, 11) is 0. The highest BCUT2D eigenvalue weighted by atomic mass is 16.4. The lowest BCUT2D eigenvalue weighted by molar-refractivity contribution is -0.145. The Balaban J connectivity index is 2.09. The minimum atomic E-state index is -2.11. The quantitative estimate of drug-likeness (QED) is 0.0359. The molecule has 3 heterocycles. The fraction of sp³-hybridized carbons (Fsp3) is 0.738. The molecule has 0 aromatic rings. The molecule has 3 aliphatic heterocycles. The van der Waals surface area contributed by atoms with Gasteiger partial charge >= 0.3 is 36.0 Å². The summed E-state index contributed by atoms with van der Waals surface area (Å²) in [5, 5.41) is 61.5. The van der Waals surface area contributed by atoms with Crippen molar-refractivity contribution in [2.24, 2.45) is 11.5 Å². The molecule has 0 saturated carbocycles. The summed E-state index contributed by atoms with van der Waals surface area (Å²) >= 11 is 0. The van der Waals surface area contributed by atoms with Crippen LogP contribution in [0.2, 0.25) is 0 Å². The molecule has 568 valence electrons. The van der Waals surface area contributed by atoms with Crippen LogP contribution in [-0.4, -0.2) is 229 Å². The Kier molecular flexibility index (Phi) is 39.5. The zero-order chi connectivity index (χ0) is 75.1. The number of carboxylic acid groups (broad SMARTS) is 3. The Morgan fingerprint density at radius 3 is 1.50 bits per heavy atom. The van der Waals surface area contributed by atoms with Crippen LogP contribution in [0.25, 0.3) is 0 Å². The molecule has 3 saturated heterocycles. The molecule has 101 heavy (non-hydrogen) atoms. The molecule has 0 aromatic heterocycles. The molecular weight excluding hydrogens is 1330 g/mol. The number of carbonyl (C=O) groups is 17. The van der Waals surface area contributed by atoms with Crippen molar-refractivity contribution in [2.75, 3.05) is 32.7 Å². The first kappa shape index (κ1) is 86.1. The zero-order valence-corrected chi connectivity index (χ0v) is 58.2. The van der Waals surface area contributed by atoms with E-state index in [9.17, 15) is 102 Å². The lowest BCUT2D eigenvalue weighted by Gasteiger charge is -2.31. The average Bonchev–Trinajstić information content (AvgIpc) is 1.69. The van der Waals surface area contributed by atoms with E-state index in [-0.39, 0.29) is 71.1 Å². The molecule has 0 radical (unpaired) electrons. The maximum atomic E-state index is 14.8. The number of rotatable bonds is 35. The van der Waals surface area contributed by atoms with Gasteiger partial charge in [0.25, 0.3) is 17.7 Å². The second-order valence-corrected chi connectivity index (χ2v) is 25.9. The molecule has 3 fully saturated rings. The van der Waals surface area contributed by atoms with E-state index in [1.807, 2.05) is 16.0 Å². The summed E-state index contributed by atoms with van der Waals surface area (Å²) in [6.45, 7) is 3.41. The van der Waals surface area contributed by atoms with Gasteiger partial charge < -0.3 is 83.8 Å². The molecular formula is C65H107N15O21. The Labute approximate surface area is 586 Å². The predicted octanol–water partition coefficient (Wildman–Crippen LogP) is -0.406. The zero-order valence-electron chi connectivity index (χ0n) is 58.2. The monoisotopic (exact) mass is 1430 g/mol. The van der Waals surface area contributed by atoms with Gasteiger partial charge in [-0.2, -0.15) is 0 Å². The number of nitrogens with zero attached hydrogens (tertiary/aromatic N) is 3. The first-order chi connectivity index (χ1) is 48.0. The maximum absolute atomic E-state index is 14.8. The number of hydrogen-bond donors (Lipinski definition) is 16. The molecule has 36 nitrogen and oxygen atoms in total. The van der Waals surface area contributed by atoms with Crippen LogP contribution in [0, 0.1) is 0 Å². The first-order valence-corrected chi connectivity index (χ1v) is 35.2. The third-order valence-electron chi connectivity index (χ3n) is 17.4. The Bertz CT molecular complexity index is 2860. The van der Waals surface area contributed by atoms with Crippen molar-refractivity contribution in [1.29, 1.82) is 0 Å². The number of urea groups is 3. The van der Waals surface area contributed by atoms with Crippen molar-refractivity contribution < 1.29 is 102 Å². The number of aliphatic hydroxyl groups excluding tert-OH is 1. The lowest BCUT2D eigenvalue weighted by Crippen LogP contribution is -2.61. The largest absolute Gasteiger partial charge is 0.481 e. The lowest BCUT2D eigenvalue weighted by atomic mass is 10.0. The van der Waals surface area contributed by atoms with Gasteiger partial charge in [-0.15, -0.1) is 0 Å². The number of aliphatic hydroxyl groups is 1. The van der Waals surface area contributed by atoms with Gasteiger partial charge in [0.15, 0.2) is 0 Å². The van der Waals surface area contributed by atoms with Crippen molar-refractivity contribution in [3.63, 3.8) is 0 Å². The number of carbonyl (C=O) groups excluding carboxylic acids is 14. The van der Waals surface area contributed by atoms with Crippen LogP contribution < -0.4 is 64.6 Å². The van der Waals surface area contributed by atoms with Crippen LogP contribution in [0.3, 0.4) is 0 Å². The molecule has 36 heteroatoms. The van der Waals surface area contributed by atoms with Crippen LogP contribution >= 0.6 is 0 Å². The second kappa shape index (κ2) is 46.4. The van der Waals surface area contributed by atoms with E-state index in [0.29, 0.717) is 12.8 Å². The van der Waals surface area contributed by atoms with Gasteiger partial charge in [-0.1, -0.05) is 104 Å². The van der Waals surface area contributed by atoms with Crippen LogP contribution in [0.1, 0.15) is 213 Å². The maximum Gasteiger partial charge on any atom is 0.322 e. The van der Waals surface area contributed by atoms with Crippen molar-refractivity contribution in [2.45, 2.75) is 274 Å². The number of unbranched alkanes of at least 4 members (excludes halogenated alkanes) is 15. The van der Waals surface area contributed by atoms with E-state index in [2.05, 4.69) is 38.8 Å². The molecule has 3 rings (SSSR count). The van der Waals surface area contributed by atoms with E-state index in [1.54, 1.807) is 12.2 Å². The molecule has 0 aliphatic carbocycles. The van der Waals surface area contributed by atoms with Crippen LogP contribution in [0.5, 0.6) is 0 Å². The van der Waals surface area contributed by atoms with Crippen molar-refractivity contribution in [3.05, 3.63) is 0 Å². The molecule has 0 aromatic carbocycles. The summed E-state index contributed by atoms with van der Waals surface area (Å²) < 4.78 is 0. The fourth-order valence-corrected chi connectivity index (χ4v) is 12.1. The number of nitrogens with one attached hydrogen (secondary N) is 10. The van der Waals surface area contributed by atoms with Crippen molar-refractivity contribution in [3.8, 4) is 0 Å². The van der Waals surface area contributed by atoms with E-state index in [0.717, 1.165) is 53.7 Å². The van der Waals surface area contributed by atoms with Crippen LogP contribution in [0.4, 0.5) is 14.4 Å². The second-order valence-electron chi connectivity index (χ2n) is 25.9.